The molecule has 0 amide bonds. The molecule has 3 N–H and O–H groups in total. The summed E-state index contributed by atoms with van der Waals surface area (Å²) in [6.07, 6.45) is 2.21. The molecule has 0 aliphatic rings. The molecule has 72 valence electrons. The van der Waals surface area contributed by atoms with Crippen LogP contribution in [-0.4, -0.2) is 21.7 Å². The summed E-state index contributed by atoms with van der Waals surface area (Å²) in [5, 5.41) is 8.58. The van der Waals surface area contributed by atoms with Gasteiger partial charge in [-0.3, -0.25) is 4.79 Å². The first kappa shape index (κ1) is 10.3. The summed E-state index contributed by atoms with van der Waals surface area (Å²) in [5.74, 6) is -0.972. The molecule has 0 aliphatic carbocycles. The molecule has 13 heavy (non-hydrogen) atoms. The van der Waals surface area contributed by atoms with Gasteiger partial charge >= 0.3 is 5.97 Å². The number of hydrogen-bond donors (Lipinski definition) is 2. The van der Waals surface area contributed by atoms with Crippen molar-refractivity contribution in [3.8, 4) is 0 Å². The summed E-state index contributed by atoms with van der Waals surface area (Å²) in [4.78, 5) is 10.5. The minimum Gasteiger partial charge on any atom is -0.480 e. The highest BCUT2D eigenvalue weighted by Crippen LogP contribution is 2.14. The van der Waals surface area contributed by atoms with Crippen LogP contribution in [0, 0.1) is 0 Å². The second-order valence-corrected chi connectivity index (χ2v) is 3.74. The highest BCUT2D eigenvalue weighted by molar-refractivity contribution is 9.10. The Morgan fingerprint density at radius 3 is 2.85 bits per heavy atom. The number of rotatable bonds is 3. The van der Waals surface area contributed by atoms with Gasteiger partial charge in [0.25, 0.3) is 0 Å². The predicted octanol–water partition coefficient (Wildman–Crippen LogP) is 0.742. The molecule has 0 spiro atoms. The first-order valence-corrected chi connectivity index (χ1v) is 4.59. The molecule has 0 radical (unpaired) electrons. The standard InChI is InChI=1S/C8H11BrN2O2/c1-11-4-5(3-7(11)9)2-6(10)8(12)13/h3-4,6H,2,10H2,1H3,(H,12,13). The van der Waals surface area contributed by atoms with Gasteiger partial charge in [-0.05, 0) is 34.0 Å². The maximum atomic E-state index is 10.5. The van der Waals surface area contributed by atoms with E-state index in [9.17, 15) is 4.79 Å². The van der Waals surface area contributed by atoms with Crippen molar-refractivity contribution in [2.45, 2.75) is 12.5 Å². The maximum absolute atomic E-state index is 10.5. The van der Waals surface area contributed by atoms with E-state index < -0.39 is 12.0 Å². The van der Waals surface area contributed by atoms with E-state index in [1.54, 1.807) is 0 Å². The van der Waals surface area contributed by atoms with E-state index in [0.29, 0.717) is 6.42 Å². The third kappa shape index (κ3) is 2.57. The zero-order valence-corrected chi connectivity index (χ0v) is 8.78. The zero-order chi connectivity index (χ0) is 10.0. The van der Waals surface area contributed by atoms with Crippen LogP contribution in [0.5, 0.6) is 0 Å². The van der Waals surface area contributed by atoms with Crippen LogP contribution in [-0.2, 0) is 18.3 Å². The average Bonchev–Trinajstić information content (AvgIpc) is 2.31. The minimum absolute atomic E-state index is 0.356. The maximum Gasteiger partial charge on any atom is 0.320 e. The lowest BCUT2D eigenvalue weighted by Gasteiger charge is -2.02. The van der Waals surface area contributed by atoms with Gasteiger partial charge in [-0.25, -0.2) is 0 Å². The van der Waals surface area contributed by atoms with E-state index in [1.807, 2.05) is 23.9 Å². The molecule has 0 bridgehead atoms. The third-order valence-corrected chi connectivity index (χ3v) is 2.56. The highest BCUT2D eigenvalue weighted by Gasteiger charge is 2.13. The third-order valence-electron chi connectivity index (χ3n) is 1.77. The molecule has 1 heterocycles. The van der Waals surface area contributed by atoms with Gasteiger partial charge in [0.2, 0.25) is 0 Å². The van der Waals surface area contributed by atoms with Crippen LogP contribution in [0.2, 0.25) is 0 Å². The van der Waals surface area contributed by atoms with Crippen LogP contribution in [0.3, 0.4) is 0 Å². The lowest BCUT2D eigenvalue weighted by Crippen LogP contribution is -2.32. The quantitative estimate of drug-likeness (QED) is 0.827. The van der Waals surface area contributed by atoms with Crippen molar-refractivity contribution in [3.63, 3.8) is 0 Å². The van der Waals surface area contributed by atoms with Crippen LogP contribution in [0.15, 0.2) is 16.9 Å². The van der Waals surface area contributed by atoms with Crippen LogP contribution < -0.4 is 5.73 Å². The molecule has 0 saturated carbocycles. The second-order valence-electron chi connectivity index (χ2n) is 2.93. The lowest BCUT2D eigenvalue weighted by molar-refractivity contribution is -0.138. The number of nitrogens with two attached hydrogens (primary N) is 1. The van der Waals surface area contributed by atoms with Crippen molar-refractivity contribution in [3.05, 3.63) is 22.4 Å². The topological polar surface area (TPSA) is 68.2 Å². The predicted molar refractivity (Wildman–Crippen MR) is 52.4 cm³/mol. The number of hydrogen-bond acceptors (Lipinski definition) is 2. The number of halogens is 1. The number of carbonyl (C=O) groups is 1. The molecular weight excluding hydrogens is 236 g/mol. The van der Waals surface area contributed by atoms with Gasteiger partial charge in [-0.1, -0.05) is 0 Å². The molecule has 1 rings (SSSR count). The van der Waals surface area contributed by atoms with Crippen LogP contribution in [0.1, 0.15) is 5.56 Å². The SMILES string of the molecule is Cn1cc(CC(N)C(=O)O)cc1Br. The molecule has 0 saturated heterocycles. The van der Waals surface area contributed by atoms with E-state index in [1.165, 1.54) is 0 Å². The molecule has 1 aromatic rings. The Kier molecular flexibility index (Phi) is 3.11. The molecule has 0 aliphatic heterocycles. The van der Waals surface area contributed by atoms with Crippen molar-refractivity contribution in [2.75, 3.05) is 0 Å². The van der Waals surface area contributed by atoms with Gasteiger partial charge in [-0.2, -0.15) is 0 Å². The lowest BCUT2D eigenvalue weighted by atomic mass is 10.1. The summed E-state index contributed by atoms with van der Waals surface area (Å²) in [7, 11) is 1.87. The number of nitrogens with zero attached hydrogens (tertiary/aromatic N) is 1. The van der Waals surface area contributed by atoms with Gasteiger partial charge in [0.05, 0.1) is 4.60 Å². The fraction of sp³-hybridized carbons (Fsp3) is 0.375. The summed E-state index contributed by atoms with van der Waals surface area (Å²) in [6.45, 7) is 0. The molecule has 0 aromatic carbocycles. The number of aryl methyl sites for hydroxylation is 1. The normalized spacial score (nSPS) is 12.8. The molecule has 0 fully saturated rings. The smallest absolute Gasteiger partial charge is 0.320 e. The average molecular weight is 247 g/mol. The Morgan fingerprint density at radius 2 is 2.46 bits per heavy atom. The molecule has 1 aromatic heterocycles. The van der Waals surface area contributed by atoms with Crippen molar-refractivity contribution in [1.82, 2.24) is 4.57 Å². The zero-order valence-electron chi connectivity index (χ0n) is 7.20. The summed E-state index contributed by atoms with van der Waals surface area (Å²) >= 11 is 3.32. The molecule has 1 unspecified atom stereocenters. The van der Waals surface area contributed by atoms with Crippen LogP contribution in [0.25, 0.3) is 0 Å². The van der Waals surface area contributed by atoms with Crippen LogP contribution >= 0.6 is 15.9 Å². The van der Waals surface area contributed by atoms with Crippen molar-refractivity contribution in [1.29, 1.82) is 0 Å². The van der Waals surface area contributed by atoms with Crippen LogP contribution in [0.4, 0.5) is 0 Å². The summed E-state index contributed by atoms with van der Waals surface area (Å²) in [5.41, 5.74) is 6.30. The minimum atomic E-state index is -0.972. The van der Waals surface area contributed by atoms with Crippen molar-refractivity contribution >= 4 is 21.9 Å². The van der Waals surface area contributed by atoms with E-state index in [0.717, 1.165) is 10.2 Å². The van der Waals surface area contributed by atoms with Crippen molar-refractivity contribution in [2.24, 2.45) is 12.8 Å². The number of aromatic nitrogens is 1. The highest BCUT2D eigenvalue weighted by atomic mass is 79.9. The van der Waals surface area contributed by atoms with Gasteiger partial charge in [0, 0.05) is 13.2 Å². The fourth-order valence-corrected chi connectivity index (χ4v) is 1.45. The number of carboxylic acids is 1. The largest absolute Gasteiger partial charge is 0.480 e. The molecule has 1 atom stereocenters. The monoisotopic (exact) mass is 246 g/mol. The Labute approximate surface area is 84.5 Å². The first-order valence-electron chi connectivity index (χ1n) is 3.80. The molecular formula is C8H11BrN2O2. The second kappa shape index (κ2) is 3.93. The van der Waals surface area contributed by atoms with E-state index in [4.69, 9.17) is 10.8 Å². The fourth-order valence-electron chi connectivity index (χ4n) is 1.06. The van der Waals surface area contributed by atoms with E-state index >= 15 is 0 Å². The molecule has 5 heteroatoms. The van der Waals surface area contributed by atoms with Gasteiger partial charge in [0.15, 0.2) is 0 Å². The summed E-state index contributed by atoms with van der Waals surface area (Å²) < 4.78 is 2.78. The first-order chi connectivity index (χ1) is 6.00. The molecule has 4 nitrogen and oxygen atoms in total. The van der Waals surface area contributed by atoms with Gasteiger partial charge < -0.3 is 15.4 Å². The number of aliphatic carboxylic acids is 1. The Bertz CT molecular complexity index is 302. The van der Waals surface area contributed by atoms with Crippen molar-refractivity contribution < 1.29 is 9.90 Å². The summed E-state index contributed by atoms with van der Waals surface area (Å²) in [6, 6.07) is 1.04. The van der Waals surface area contributed by atoms with E-state index in [2.05, 4.69) is 15.9 Å². The number of carboxylic acid groups (broad SMARTS) is 1. The Morgan fingerprint density at radius 1 is 1.85 bits per heavy atom. The Balaban J connectivity index is 2.69. The Hall–Kier alpha value is -0.810. The van der Waals surface area contributed by atoms with Gasteiger partial charge in [-0.15, -0.1) is 0 Å². The van der Waals surface area contributed by atoms with Gasteiger partial charge in [0.1, 0.15) is 6.04 Å². The van der Waals surface area contributed by atoms with E-state index in [-0.39, 0.29) is 0 Å².